The Kier molecular flexibility index (Phi) is 5.37. The highest BCUT2D eigenvalue weighted by molar-refractivity contribution is 7.84. The fourth-order valence-electron chi connectivity index (χ4n) is 1.11. The van der Waals surface area contributed by atoms with Crippen LogP contribution in [0.2, 0.25) is 5.02 Å². The highest BCUT2D eigenvalue weighted by Gasteiger charge is 2.08. The van der Waals surface area contributed by atoms with Crippen LogP contribution in [0.5, 0.6) is 0 Å². The number of hydrogen-bond acceptors (Lipinski definition) is 4. The van der Waals surface area contributed by atoms with E-state index in [-0.39, 0.29) is 10.6 Å². The molecule has 0 aliphatic carbocycles. The lowest BCUT2D eigenvalue weighted by Crippen LogP contribution is -2.13. The number of carboxylic acids is 1. The average molecular weight is 277 g/mol. The summed E-state index contributed by atoms with van der Waals surface area (Å²) in [6, 6.07) is 1.33. The smallest absolute Gasteiger partial charge is 0.337 e. The number of pyridine rings is 1. The molecule has 0 saturated carbocycles. The third-order valence-corrected chi connectivity index (χ3v) is 3.62. The summed E-state index contributed by atoms with van der Waals surface area (Å²) >= 11 is 5.86. The molecule has 0 saturated heterocycles. The monoisotopic (exact) mass is 276 g/mol. The molecule has 1 heterocycles. The number of aromatic nitrogens is 1. The summed E-state index contributed by atoms with van der Waals surface area (Å²) in [4.78, 5) is 14.5. The molecule has 1 unspecified atom stereocenters. The number of halogens is 1. The first-order valence-electron chi connectivity index (χ1n) is 5.02. The molecule has 1 rings (SSSR count). The van der Waals surface area contributed by atoms with E-state index >= 15 is 0 Å². The van der Waals surface area contributed by atoms with Crippen LogP contribution in [0.4, 0.5) is 5.82 Å². The number of carbonyl (C=O) groups is 1. The Labute approximate surface area is 107 Å². The van der Waals surface area contributed by atoms with Crippen LogP contribution < -0.4 is 5.32 Å². The summed E-state index contributed by atoms with van der Waals surface area (Å²) in [6.45, 7) is 2.34. The summed E-state index contributed by atoms with van der Waals surface area (Å²) in [6.07, 6.45) is 1.23. The summed E-state index contributed by atoms with van der Waals surface area (Å²) in [5, 5.41) is 11.9. The molecule has 0 aliphatic rings. The van der Waals surface area contributed by atoms with E-state index in [0.717, 1.165) is 0 Å². The molecule has 0 fully saturated rings. The first-order valence-corrected chi connectivity index (χ1v) is 6.89. The topological polar surface area (TPSA) is 79.3 Å². The van der Waals surface area contributed by atoms with Crippen LogP contribution in [0.1, 0.15) is 17.3 Å². The second-order valence-corrected chi connectivity index (χ2v) is 5.49. The van der Waals surface area contributed by atoms with Gasteiger partial charge in [0.05, 0.1) is 10.6 Å². The Balaban J connectivity index is 2.60. The maximum atomic E-state index is 11.2. The molecule has 0 amide bonds. The van der Waals surface area contributed by atoms with Crippen molar-refractivity contribution in [1.29, 1.82) is 0 Å². The van der Waals surface area contributed by atoms with Crippen LogP contribution in [0.3, 0.4) is 0 Å². The van der Waals surface area contributed by atoms with Gasteiger partial charge in [-0.3, -0.25) is 4.21 Å². The van der Waals surface area contributed by atoms with Crippen molar-refractivity contribution in [3.05, 3.63) is 22.8 Å². The highest BCUT2D eigenvalue weighted by atomic mass is 35.5. The van der Waals surface area contributed by atoms with E-state index in [9.17, 15) is 9.00 Å². The fraction of sp³-hybridized carbons (Fsp3) is 0.400. The quantitative estimate of drug-likeness (QED) is 0.825. The number of aromatic carboxylic acids is 1. The van der Waals surface area contributed by atoms with E-state index in [1.807, 2.05) is 6.92 Å². The van der Waals surface area contributed by atoms with Crippen molar-refractivity contribution in [2.24, 2.45) is 0 Å². The first-order chi connectivity index (χ1) is 8.04. The maximum Gasteiger partial charge on any atom is 0.337 e. The van der Waals surface area contributed by atoms with Gasteiger partial charge < -0.3 is 10.4 Å². The molecule has 17 heavy (non-hydrogen) atoms. The van der Waals surface area contributed by atoms with Gasteiger partial charge in [0.25, 0.3) is 0 Å². The minimum atomic E-state index is -1.07. The lowest BCUT2D eigenvalue weighted by molar-refractivity contribution is 0.0696. The molecule has 5 nitrogen and oxygen atoms in total. The largest absolute Gasteiger partial charge is 0.478 e. The third kappa shape index (κ3) is 4.32. The zero-order chi connectivity index (χ0) is 12.8. The van der Waals surface area contributed by atoms with Crippen LogP contribution in [0.15, 0.2) is 12.3 Å². The minimum absolute atomic E-state index is 0.0395. The molecule has 7 heteroatoms. The second kappa shape index (κ2) is 6.56. The van der Waals surface area contributed by atoms with Gasteiger partial charge in [-0.25, -0.2) is 9.78 Å². The summed E-state index contributed by atoms with van der Waals surface area (Å²) < 4.78 is 11.2. The van der Waals surface area contributed by atoms with Gasteiger partial charge in [-0.15, -0.1) is 0 Å². The molecule has 0 aliphatic heterocycles. The molecule has 0 bridgehead atoms. The van der Waals surface area contributed by atoms with Crippen LogP contribution in [-0.2, 0) is 10.8 Å². The summed E-state index contributed by atoms with van der Waals surface area (Å²) in [5.74, 6) is 0.457. The van der Waals surface area contributed by atoms with Crippen molar-refractivity contribution >= 4 is 34.2 Å². The van der Waals surface area contributed by atoms with Crippen LogP contribution in [-0.4, -0.2) is 38.3 Å². The van der Waals surface area contributed by atoms with Crippen molar-refractivity contribution in [2.45, 2.75) is 6.92 Å². The predicted octanol–water partition coefficient (Wildman–Crippen LogP) is 1.61. The molecule has 0 radical (unpaired) electrons. The van der Waals surface area contributed by atoms with Gasteiger partial charge in [-0.05, 0) is 6.07 Å². The molecular weight excluding hydrogens is 264 g/mol. The van der Waals surface area contributed by atoms with Gasteiger partial charge in [0.1, 0.15) is 5.82 Å². The molecule has 1 aromatic heterocycles. The number of hydrogen-bond donors (Lipinski definition) is 2. The number of nitrogens with one attached hydrogen (secondary N) is 1. The number of rotatable bonds is 6. The lowest BCUT2D eigenvalue weighted by Gasteiger charge is -2.07. The zero-order valence-electron chi connectivity index (χ0n) is 9.27. The van der Waals surface area contributed by atoms with Crippen molar-refractivity contribution < 1.29 is 14.1 Å². The Morgan fingerprint density at radius 2 is 2.35 bits per heavy atom. The number of anilines is 1. The highest BCUT2D eigenvalue weighted by Crippen LogP contribution is 2.19. The van der Waals surface area contributed by atoms with Gasteiger partial charge in [-0.1, -0.05) is 18.5 Å². The maximum absolute atomic E-state index is 11.2. The van der Waals surface area contributed by atoms with Crippen LogP contribution >= 0.6 is 11.6 Å². The predicted molar refractivity (Wildman–Crippen MR) is 68.2 cm³/mol. The van der Waals surface area contributed by atoms with Gasteiger partial charge >= 0.3 is 5.97 Å². The average Bonchev–Trinajstić information content (AvgIpc) is 2.30. The Hall–Kier alpha value is -1.14. The van der Waals surface area contributed by atoms with Crippen molar-refractivity contribution in [1.82, 2.24) is 4.98 Å². The minimum Gasteiger partial charge on any atom is -0.478 e. The van der Waals surface area contributed by atoms with E-state index < -0.39 is 16.8 Å². The molecule has 1 atom stereocenters. The van der Waals surface area contributed by atoms with Crippen molar-refractivity contribution in [3.63, 3.8) is 0 Å². The van der Waals surface area contributed by atoms with Crippen molar-refractivity contribution in [2.75, 3.05) is 23.4 Å². The molecule has 1 aromatic rings. The normalized spacial score (nSPS) is 12.1. The summed E-state index contributed by atoms with van der Waals surface area (Å²) in [7, 11) is -0.846. The van der Waals surface area contributed by atoms with Crippen LogP contribution in [0.25, 0.3) is 0 Å². The fourth-order valence-corrected chi connectivity index (χ4v) is 1.96. The van der Waals surface area contributed by atoms with Gasteiger partial charge in [0.15, 0.2) is 0 Å². The third-order valence-electron chi connectivity index (χ3n) is 2.03. The SMILES string of the molecule is CCS(=O)CCNc1ncc(C(=O)O)cc1Cl. The number of nitrogens with zero attached hydrogens (tertiary/aromatic N) is 1. The number of carboxylic acid groups (broad SMARTS) is 1. The standard InChI is InChI=1S/C10H13ClN2O3S/c1-2-17(16)4-3-12-9-8(11)5-7(6-13-9)10(14)15/h5-6H,2-4H2,1H3,(H,12,13)(H,14,15). The lowest BCUT2D eigenvalue weighted by atomic mass is 10.3. The molecule has 2 N–H and O–H groups in total. The molecular formula is C10H13ClN2O3S. The Morgan fingerprint density at radius 1 is 1.65 bits per heavy atom. The molecule has 0 spiro atoms. The molecule has 94 valence electrons. The van der Waals surface area contributed by atoms with E-state index in [2.05, 4.69) is 10.3 Å². The van der Waals surface area contributed by atoms with Gasteiger partial charge in [0, 0.05) is 35.0 Å². The van der Waals surface area contributed by atoms with Gasteiger partial charge in [0.2, 0.25) is 0 Å². The Morgan fingerprint density at radius 3 is 2.88 bits per heavy atom. The second-order valence-electron chi connectivity index (χ2n) is 3.22. The van der Waals surface area contributed by atoms with Crippen molar-refractivity contribution in [3.8, 4) is 0 Å². The Bertz CT molecular complexity index is 440. The first kappa shape index (κ1) is 13.9. The summed E-state index contributed by atoms with van der Waals surface area (Å²) in [5.41, 5.74) is 0.0395. The van der Waals surface area contributed by atoms with Crippen LogP contribution in [0, 0.1) is 0 Å². The molecule has 0 aromatic carbocycles. The van der Waals surface area contributed by atoms with E-state index in [4.69, 9.17) is 16.7 Å². The van der Waals surface area contributed by atoms with E-state index in [1.54, 1.807) is 0 Å². The van der Waals surface area contributed by atoms with E-state index in [1.165, 1.54) is 12.3 Å². The van der Waals surface area contributed by atoms with Gasteiger partial charge in [-0.2, -0.15) is 0 Å². The zero-order valence-corrected chi connectivity index (χ0v) is 10.8. The van der Waals surface area contributed by atoms with E-state index in [0.29, 0.717) is 23.9 Å².